The van der Waals surface area contributed by atoms with Gasteiger partial charge in [-0.05, 0) is 31.7 Å². The molecule has 4 nitrogen and oxygen atoms in total. The van der Waals surface area contributed by atoms with E-state index in [4.69, 9.17) is 5.73 Å². The van der Waals surface area contributed by atoms with Crippen LogP contribution in [-0.2, 0) is 6.18 Å². The third-order valence-electron chi connectivity index (χ3n) is 3.12. The van der Waals surface area contributed by atoms with Gasteiger partial charge in [-0.3, -0.25) is 4.79 Å². The molecule has 0 radical (unpaired) electrons. The number of thiophene rings is 1. The van der Waals surface area contributed by atoms with Gasteiger partial charge in [-0.1, -0.05) is 32.4 Å². The first-order valence-corrected chi connectivity index (χ1v) is 8.87. The number of rotatable bonds is 4. The van der Waals surface area contributed by atoms with Crippen LogP contribution in [0.2, 0.25) is 0 Å². The van der Waals surface area contributed by atoms with Crippen molar-refractivity contribution in [3.05, 3.63) is 69.2 Å². The maximum Gasteiger partial charge on any atom is 0.416 e. The maximum absolute atomic E-state index is 12.9. The lowest BCUT2D eigenvalue weighted by molar-refractivity contribution is -0.137. The molecule has 0 atom stereocenters. The summed E-state index contributed by atoms with van der Waals surface area (Å²) < 4.78 is 38.8. The summed E-state index contributed by atoms with van der Waals surface area (Å²) in [4.78, 5) is 16.0. The SMILES string of the molecule is C=C(O)/N=C(/c1cccc(C(F)(F)F)c1)c1cc(C(N)=O)sc1C.CCC. The number of aliphatic hydroxyl groups is 1. The fraction of sp³-hybridized carbons (Fsp3) is 0.263. The maximum atomic E-state index is 12.9. The van der Waals surface area contributed by atoms with Gasteiger partial charge in [0.25, 0.3) is 5.91 Å². The number of aliphatic hydroxyl groups excluding tert-OH is 1. The zero-order valence-electron chi connectivity index (χ0n) is 15.2. The van der Waals surface area contributed by atoms with Gasteiger partial charge in [-0.2, -0.15) is 13.2 Å². The summed E-state index contributed by atoms with van der Waals surface area (Å²) in [6.07, 6.45) is -3.26. The topological polar surface area (TPSA) is 75.7 Å². The fourth-order valence-electron chi connectivity index (χ4n) is 2.09. The standard InChI is InChI=1S/C16H13F3N2O2S.C3H8/c1-8-12(7-13(24-8)15(20)23)14(21-9(2)22)10-4-3-5-11(6-10)16(17,18)19;1-3-2/h3-7,22H,2H2,1H3,(H2,20,23);3H2,1-2H3/b21-14-;. The molecule has 3 N–H and O–H groups in total. The van der Waals surface area contributed by atoms with Crippen molar-refractivity contribution in [1.29, 1.82) is 0 Å². The lowest BCUT2D eigenvalue weighted by Gasteiger charge is -2.11. The third-order valence-corrected chi connectivity index (χ3v) is 4.18. The Morgan fingerprint density at radius 3 is 2.33 bits per heavy atom. The van der Waals surface area contributed by atoms with Gasteiger partial charge in [0.2, 0.25) is 5.88 Å². The molecule has 1 amide bonds. The van der Waals surface area contributed by atoms with Gasteiger partial charge in [-0.25, -0.2) is 4.99 Å². The monoisotopic (exact) mass is 398 g/mol. The van der Waals surface area contributed by atoms with Gasteiger partial charge in [0, 0.05) is 16.0 Å². The Kier molecular flexibility index (Phi) is 7.78. The molecule has 0 aliphatic rings. The van der Waals surface area contributed by atoms with Crippen LogP contribution < -0.4 is 5.73 Å². The minimum atomic E-state index is -4.51. The molecular formula is C19H21F3N2O2S. The highest BCUT2D eigenvalue weighted by Crippen LogP contribution is 2.31. The van der Waals surface area contributed by atoms with Crippen LogP contribution >= 0.6 is 11.3 Å². The van der Waals surface area contributed by atoms with E-state index >= 15 is 0 Å². The van der Waals surface area contributed by atoms with Crippen molar-refractivity contribution >= 4 is 23.0 Å². The summed E-state index contributed by atoms with van der Waals surface area (Å²) in [6.45, 7) is 9.17. The zero-order valence-corrected chi connectivity index (χ0v) is 16.0. The molecular weight excluding hydrogens is 377 g/mol. The summed E-state index contributed by atoms with van der Waals surface area (Å²) in [6, 6.07) is 5.96. The van der Waals surface area contributed by atoms with E-state index in [1.165, 1.54) is 24.6 Å². The van der Waals surface area contributed by atoms with Crippen molar-refractivity contribution in [2.24, 2.45) is 10.7 Å². The summed E-state index contributed by atoms with van der Waals surface area (Å²) in [5.41, 5.74) is 5.01. The van der Waals surface area contributed by atoms with Crippen molar-refractivity contribution in [2.75, 3.05) is 0 Å². The largest absolute Gasteiger partial charge is 0.494 e. The fourth-order valence-corrected chi connectivity index (χ4v) is 2.96. The minimum absolute atomic E-state index is 0.0786. The van der Waals surface area contributed by atoms with E-state index in [9.17, 15) is 23.1 Å². The number of nitrogens with zero attached hydrogens (tertiary/aromatic N) is 1. The quantitative estimate of drug-likeness (QED) is 0.530. The summed E-state index contributed by atoms with van der Waals surface area (Å²) >= 11 is 1.09. The van der Waals surface area contributed by atoms with Gasteiger partial charge in [-0.15, -0.1) is 11.3 Å². The first-order valence-electron chi connectivity index (χ1n) is 8.06. The van der Waals surface area contributed by atoms with Crippen LogP contribution in [0.3, 0.4) is 0 Å². The summed E-state index contributed by atoms with van der Waals surface area (Å²) in [5, 5.41) is 9.39. The second-order valence-corrected chi connectivity index (χ2v) is 6.86. The van der Waals surface area contributed by atoms with Crippen LogP contribution in [0.15, 0.2) is 47.8 Å². The number of carbonyl (C=O) groups excluding carboxylic acids is 1. The molecule has 0 saturated heterocycles. The first kappa shape index (κ1) is 22.4. The number of aliphatic imine (C=N–C) groups is 1. The van der Waals surface area contributed by atoms with E-state index < -0.39 is 23.5 Å². The highest BCUT2D eigenvalue weighted by Gasteiger charge is 2.31. The van der Waals surface area contributed by atoms with Crippen molar-refractivity contribution in [2.45, 2.75) is 33.4 Å². The highest BCUT2D eigenvalue weighted by molar-refractivity contribution is 7.14. The van der Waals surface area contributed by atoms with Crippen molar-refractivity contribution < 1.29 is 23.1 Å². The Labute approximate surface area is 159 Å². The lowest BCUT2D eigenvalue weighted by atomic mass is 10.0. The number of hydrogen-bond donors (Lipinski definition) is 2. The molecule has 1 heterocycles. The summed E-state index contributed by atoms with van der Waals surface area (Å²) in [5.74, 6) is -1.21. The van der Waals surface area contributed by atoms with Crippen LogP contribution in [0.1, 0.15) is 51.5 Å². The Morgan fingerprint density at radius 2 is 1.89 bits per heavy atom. The first-order chi connectivity index (χ1) is 12.5. The Balaban J connectivity index is 0.00000114. The molecule has 0 aliphatic carbocycles. The molecule has 2 rings (SSSR count). The van der Waals surface area contributed by atoms with Crippen molar-refractivity contribution in [3.8, 4) is 0 Å². The van der Waals surface area contributed by atoms with E-state index in [1.807, 2.05) is 0 Å². The zero-order chi connectivity index (χ0) is 20.8. The Hall–Kier alpha value is -2.61. The smallest absolute Gasteiger partial charge is 0.416 e. The number of benzene rings is 1. The normalized spacial score (nSPS) is 11.6. The average Bonchev–Trinajstić information content (AvgIpc) is 2.94. The number of primary amides is 1. The molecule has 27 heavy (non-hydrogen) atoms. The van der Waals surface area contributed by atoms with Gasteiger partial charge in [0.15, 0.2) is 0 Å². The van der Waals surface area contributed by atoms with Gasteiger partial charge >= 0.3 is 6.18 Å². The molecule has 1 aromatic heterocycles. The predicted molar refractivity (Wildman–Crippen MR) is 102 cm³/mol. The van der Waals surface area contributed by atoms with Gasteiger partial charge < -0.3 is 10.8 Å². The molecule has 0 fully saturated rings. The van der Waals surface area contributed by atoms with E-state index in [-0.39, 0.29) is 16.2 Å². The lowest BCUT2D eigenvalue weighted by Crippen LogP contribution is -2.10. The van der Waals surface area contributed by atoms with Crippen molar-refractivity contribution in [3.63, 3.8) is 0 Å². The molecule has 2 aromatic rings. The van der Waals surface area contributed by atoms with Crippen LogP contribution in [0.4, 0.5) is 13.2 Å². The number of aryl methyl sites for hydroxylation is 1. The van der Waals surface area contributed by atoms with E-state index in [0.29, 0.717) is 10.4 Å². The average molecular weight is 398 g/mol. The number of hydrogen-bond acceptors (Lipinski definition) is 4. The molecule has 0 unspecified atom stereocenters. The van der Waals surface area contributed by atoms with Crippen LogP contribution in [0.25, 0.3) is 0 Å². The predicted octanol–water partition coefficient (Wildman–Crippen LogP) is 5.46. The third kappa shape index (κ3) is 6.25. The molecule has 8 heteroatoms. The van der Waals surface area contributed by atoms with Crippen LogP contribution in [0.5, 0.6) is 0 Å². The number of amides is 1. The Morgan fingerprint density at radius 1 is 1.30 bits per heavy atom. The van der Waals surface area contributed by atoms with E-state index in [2.05, 4.69) is 25.4 Å². The molecule has 0 bridgehead atoms. The number of carbonyl (C=O) groups is 1. The summed E-state index contributed by atoms with van der Waals surface area (Å²) in [7, 11) is 0. The molecule has 0 saturated carbocycles. The second kappa shape index (κ2) is 9.36. The Bertz CT molecular complexity index is 855. The van der Waals surface area contributed by atoms with Gasteiger partial charge in [0.05, 0.1) is 16.2 Å². The van der Waals surface area contributed by atoms with Crippen LogP contribution in [-0.4, -0.2) is 16.7 Å². The number of nitrogens with two attached hydrogens (primary N) is 1. The van der Waals surface area contributed by atoms with E-state index in [1.54, 1.807) is 6.92 Å². The number of halogens is 3. The molecule has 0 spiro atoms. The molecule has 0 aliphatic heterocycles. The molecule has 1 aromatic carbocycles. The van der Waals surface area contributed by atoms with Crippen molar-refractivity contribution in [1.82, 2.24) is 0 Å². The van der Waals surface area contributed by atoms with E-state index in [0.717, 1.165) is 23.5 Å². The second-order valence-electron chi connectivity index (χ2n) is 5.61. The highest BCUT2D eigenvalue weighted by atomic mass is 32.1. The van der Waals surface area contributed by atoms with Gasteiger partial charge in [0.1, 0.15) is 0 Å². The van der Waals surface area contributed by atoms with Crippen LogP contribution in [0, 0.1) is 6.92 Å². The molecule has 146 valence electrons. The minimum Gasteiger partial charge on any atom is -0.494 e. The number of alkyl halides is 3.